The van der Waals surface area contributed by atoms with Gasteiger partial charge in [-0.1, -0.05) is 54.1 Å². The predicted molar refractivity (Wildman–Crippen MR) is 267 cm³/mol. The van der Waals surface area contributed by atoms with Crippen molar-refractivity contribution >= 4 is 46.4 Å². The number of rotatable bonds is 13. The highest BCUT2D eigenvalue weighted by molar-refractivity contribution is 6.06. The average Bonchev–Trinajstić information content (AvgIpc) is 3.35. The fourth-order valence-corrected chi connectivity index (χ4v) is 8.65. The summed E-state index contributed by atoms with van der Waals surface area (Å²) in [6.45, 7) is 5.34. The van der Waals surface area contributed by atoms with Crippen LogP contribution in [0, 0.1) is 20.8 Å². The summed E-state index contributed by atoms with van der Waals surface area (Å²) in [5, 5.41) is 29.5. The second kappa shape index (κ2) is 21.4. The van der Waals surface area contributed by atoms with Crippen LogP contribution in [0.2, 0.25) is 0 Å². The Morgan fingerprint density at radius 2 is 0.658 bits per heavy atom. The highest BCUT2D eigenvalue weighted by Gasteiger charge is 2.74. The molecule has 6 N–H and O–H groups in total. The molecular weight excluding hydrogens is 1070 g/mol. The topological polar surface area (TPSA) is 166 Å². The lowest BCUT2D eigenvalue weighted by molar-refractivity contribution is -0.290. The van der Waals surface area contributed by atoms with Crippen molar-refractivity contribution < 1.29 is 86.8 Å². The van der Waals surface area contributed by atoms with Gasteiger partial charge in [0, 0.05) is 35.0 Å². The SMILES string of the molecule is CC(=O)Nc1cc(C(c2ccc(C)c(NC(=O)c3ccc(Oc4ccc(C(=O)Nc5cc(C(c6ccc(C)c(NC(=O)c7ccc(C)cc7)c6)(C(F)(F)F)C(F)(F)F)ccc5O)cc4)cc3)c2)(C(F)(F)F)C(F)(F)F)ccc1O. The van der Waals surface area contributed by atoms with Crippen molar-refractivity contribution in [2.45, 2.75) is 63.2 Å². The van der Waals surface area contributed by atoms with Gasteiger partial charge in [0.1, 0.15) is 23.0 Å². The largest absolute Gasteiger partial charge is 0.506 e. The molecule has 0 heterocycles. The first-order valence-electron chi connectivity index (χ1n) is 23.1. The number of carbonyl (C=O) groups excluding carboxylic acids is 4. The van der Waals surface area contributed by atoms with Crippen molar-refractivity contribution in [3.8, 4) is 23.0 Å². The monoisotopic (exact) mass is 1110 g/mol. The molecule has 0 atom stereocenters. The lowest BCUT2D eigenvalue weighted by Crippen LogP contribution is -2.54. The van der Waals surface area contributed by atoms with Crippen LogP contribution in [-0.4, -0.2) is 58.5 Å². The summed E-state index contributed by atoms with van der Waals surface area (Å²) in [7, 11) is 0. The van der Waals surface area contributed by atoms with E-state index in [-0.39, 0.29) is 45.0 Å². The molecule has 412 valence electrons. The molecule has 0 aliphatic carbocycles. The molecule has 4 amide bonds. The van der Waals surface area contributed by atoms with Crippen LogP contribution in [0.3, 0.4) is 0 Å². The predicted octanol–water partition coefficient (Wildman–Crippen LogP) is 14.4. The van der Waals surface area contributed by atoms with Crippen LogP contribution in [0.4, 0.5) is 75.4 Å². The lowest BCUT2D eigenvalue weighted by atomic mass is 9.72. The highest BCUT2D eigenvalue weighted by Crippen LogP contribution is 2.59. The first-order chi connectivity index (χ1) is 36.8. The Kier molecular flexibility index (Phi) is 15.6. The lowest BCUT2D eigenvalue weighted by Gasteiger charge is -2.39. The molecule has 0 spiro atoms. The van der Waals surface area contributed by atoms with E-state index in [0.29, 0.717) is 60.7 Å². The number of amides is 4. The smallest absolute Gasteiger partial charge is 0.411 e. The van der Waals surface area contributed by atoms with Crippen LogP contribution >= 0.6 is 0 Å². The molecule has 0 aliphatic rings. The summed E-state index contributed by atoms with van der Waals surface area (Å²) in [6.07, 6.45) is -24.4. The van der Waals surface area contributed by atoms with Gasteiger partial charge in [0.2, 0.25) is 16.7 Å². The van der Waals surface area contributed by atoms with Crippen molar-refractivity contribution in [1.82, 2.24) is 0 Å². The number of benzene rings is 7. The van der Waals surface area contributed by atoms with Gasteiger partial charge < -0.3 is 36.2 Å². The summed E-state index contributed by atoms with van der Waals surface area (Å²) < 4.78 is 187. The Morgan fingerprint density at radius 3 is 0.975 bits per heavy atom. The molecule has 7 aromatic rings. The first kappa shape index (κ1) is 57.7. The molecule has 0 radical (unpaired) electrons. The fourth-order valence-electron chi connectivity index (χ4n) is 8.65. The van der Waals surface area contributed by atoms with E-state index in [4.69, 9.17) is 4.74 Å². The standard InChI is InChI=1S/C56H42F12N4O7/c1-29-5-9-33(10-6-29)48(76)70-42-26-37(16-8-30(42)2)52(55(63,64)65,56(66,67)68)39-18-24-47(75)45(28-39)72-50(78)35-13-21-41(22-14-35)79-40-19-11-34(12-20-40)49(77)71-43-25-36(15-7-31(43)3)51(53(57,58)59,54(60,61)62)38-17-23-46(74)44(27-38)69-32(4)73/h5-28,74-75H,1-4H3,(H,69,73)(H,70,76)(H,71,77)(H,72,78). The van der Waals surface area contributed by atoms with E-state index in [2.05, 4.69) is 16.0 Å². The molecule has 7 rings (SSSR count). The molecule has 0 fully saturated rings. The molecule has 11 nitrogen and oxygen atoms in total. The number of hydrogen-bond donors (Lipinski definition) is 6. The molecule has 0 unspecified atom stereocenters. The second-order valence-electron chi connectivity index (χ2n) is 18.1. The van der Waals surface area contributed by atoms with Gasteiger partial charge in [-0.05, 0) is 151 Å². The summed E-state index contributed by atoms with van der Waals surface area (Å²) in [6, 6.07) is 22.4. The molecule has 0 saturated heterocycles. The number of aromatic hydroxyl groups is 2. The number of alkyl halides is 12. The van der Waals surface area contributed by atoms with Crippen LogP contribution in [0.5, 0.6) is 23.0 Å². The minimum Gasteiger partial charge on any atom is -0.506 e. The molecule has 0 saturated carbocycles. The van der Waals surface area contributed by atoms with Crippen LogP contribution in [0.1, 0.15) is 76.9 Å². The van der Waals surface area contributed by atoms with Crippen molar-refractivity contribution in [2.24, 2.45) is 0 Å². The van der Waals surface area contributed by atoms with Gasteiger partial charge in [-0.25, -0.2) is 0 Å². The number of phenolic OH excluding ortho intramolecular Hbond substituents is 2. The quantitative estimate of drug-likeness (QED) is 0.0494. The maximum absolute atomic E-state index is 15.3. The summed E-state index contributed by atoms with van der Waals surface area (Å²) in [4.78, 5) is 51.5. The normalized spacial score (nSPS) is 12.4. The fraction of sp³-hybridized carbons (Fsp3) is 0.179. The number of hydrogen-bond acceptors (Lipinski definition) is 7. The van der Waals surface area contributed by atoms with Gasteiger partial charge in [-0.2, -0.15) is 52.7 Å². The number of anilines is 4. The third kappa shape index (κ3) is 11.4. The summed E-state index contributed by atoms with van der Waals surface area (Å²) in [5.74, 6) is -5.42. The zero-order valence-electron chi connectivity index (χ0n) is 41.3. The molecular formula is C56H42F12N4O7. The van der Waals surface area contributed by atoms with Crippen LogP contribution < -0.4 is 26.0 Å². The van der Waals surface area contributed by atoms with Gasteiger partial charge in [0.05, 0.1) is 11.4 Å². The number of halogens is 12. The van der Waals surface area contributed by atoms with Gasteiger partial charge in [-0.15, -0.1) is 0 Å². The van der Waals surface area contributed by atoms with E-state index in [1.54, 1.807) is 19.1 Å². The summed E-state index contributed by atoms with van der Waals surface area (Å²) >= 11 is 0. The Hall–Kier alpha value is -9.02. The molecule has 0 aliphatic heterocycles. The van der Waals surface area contributed by atoms with Gasteiger partial charge in [0.15, 0.2) is 0 Å². The zero-order valence-corrected chi connectivity index (χ0v) is 41.3. The van der Waals surface area contributed by atoms with E-state index in [1.807, 2.05) is 5.32 Å². The number of nitrogens with one attached hydrogen (secondary N) is 4. The third-order valence-electron chi connectivity index (χ3n) is 12.7. The highest BCUT2D eigenvalue weighted by atomic mass is 19.4. The first-order valence-corrected chi connectivity index (χ1v) is 23.1. The maximum atomic E-state index is 15.3. The molecule has 79 heavy (non-hydrogen) atoms. The molecule has 0 aromatic heterocycles. The maximum Gasteiger partial charge on any atom is 0.411 e. The molecule has 0 bridgehead atoms. The van der Waals surface area contributed by atoms with E-state index in [0.717, 1.165) is 36.8 Å². The van der Waals surface area contributed by atoms with Crippen LogP contribution in [0.25, 0.3) is 0 Å². The van der Waals surface area contributed by atoms with E-state index in [1.165, 1.54) is 62.4 Å². The zero-order chi connectivity index (χ0) is 58.2. The third-order valence-corrected chi connectivity index (χ3v) is 12.7. The number of aryl methyl sites for hydroxylation is 3. The van der Waals surface area contributed by atoms with Gasteiger partial charge >= 0.3 is 24.7 Å². The number of ether oxygens (including phenoxy) is 1. The van der Waals surface area contributed by atoms with Crippen molar-refractivity contribution in [2.75, 3.05) is 21.3 Å². The molecule has 23 heteroatoms. The molecule has 7 aromatic carbocycles. The Morgan fingerprint density at radius 1 is 0.380 bits per heavy atom. The van der Waals surface area contributed by atoms with Crippen molar-refractivity contribution in [1.29, 1.82) is 0 Å². The number of carbonyl (C=O) groups is 4. The van der Waals surface area contributed by atoms with Crippen LogP contribution in [0.15, 0.2) is 146 Å². The van der Waals surface area contributed by atoms with Crippen LogP contribution in [-0.2, 0) is 15.6 Å². The van der Waals surface area contributed by atoms with Crippen molar-refractivity contribution in [3.05, 3.63) is 201 Å². The van der Waals surface area contributed by atoms with Gasteiger partial charge in [0.25, 0.3) is 17.7 Å². The van der Waals surface area contributed by atoms with Gasteiger partial charge in [-0.3, -0.25) is 19.2 Å². The average molecular weight is 1110 g/mol. The Labute approximate surface area is 440 Å². The summed E-state index contributed by atoms with van der Waals surface area (Å²) in [5.41, 5.74) is -16.8. The van der Waals surface area contributed by atoms with E-state index >= 15 is 52.7 Å². The van der Waals surface area contributed by atoms with E-state index < -0.39 is 110 Å². The number of phenols is 2. The van der Waals surface area contributed by atoms with Crippen molar-refractivity contribution in [3.63, 3.8) is 0 Å². The minimum atomic E-state index is -6.11. The Bertz CT molecular complexity index is 3440. The Balaban J connectivity index is 1.08. The van der Waals surface area contributed by atoms with E-state index in [9.17, 15) is 29.4 Å². The minimum absolute atomic E-state index is 0.0364. The second-order valence-corrected chi connectivity index (χ2v) is 18.1.